The van der Waals surface area contributed by atoms with Gasteiger partial charge in [0.25, 0.3) is 0 Å². The Morgan fingerprint density at radius 1 is 1.42 bits per heavy atom. The summed E-state index contributed by atoms with van der Waals surface area (Å²) >= 11 is 6.09. The van der Waals surface area contributed by atoms with Gasteiger partial charge < -0.3 is 5.73 Å². The highest BCUT2D eigenvalue weighted by atomic mass is 35.5. The minimum Gasteiger partial charge on any atom is -0.382 e. The Balaban J connectivity index is 2.40. The smallest absolute Gasteiger partial charge is 0.153 e. The van der Waals surface area contributed by atoms with Gasteiger partial charge in [0.2, 0.25) is 0 Å². The second-order valence-corrected chi connectivity index (χ2v) is 5.43. The molecule has 3 N–H and O–H groups in total. The summed E-state index contributed by atoms with van der Waals surface area (Å²) in [5, 5.41) is 7.32. The van der Waals surface area contributed by atoms with E-state index in [4.69, 9.17) is 17.3 Å². The lowest BCUT2D eigenvalue weighted by Crippen LogP contribution is -1.96. The number of rotatable bonds is 4. The number of nitrogens with two attached hydrogens (primary N) is 1. The van der Waals surface area contributed by atoms with Gasteiger partial charge in [-0.25, -0.2) is 4.39 Å². The second-order valence-electron chi connectivity index (χ2n) is 5.02. The van der Waals surface area contributed by atoms with E-state index in [1.165, 1.54) is 12.1 Å². The van der Waals surface area contributed by atoms with Gasteiger partial charge in [-0.05, 0) is 37.0 Å². The maximum absolute atomic E-state index is 13.1. The van der Waals surface area contributed by atoms with E-state index in [2.05, 4.69) is 24.0 Å². The van der Waals surface area contributed by atoms with Crippen molar-refractivity contribution in [3.05, 3.63) is 34.7 Å². The summed E-state index contributed by atoms with van der Waals surface area (Å²) in [7, 11) is 0. The molecule has 2 rings (SSSR count). The molecular weight excluding hydrogens is 265 g/mol. The lowest BCUT2D eigenvalue weighted by atomic mass is 9.99. The second kappa shape index (κ2) is 5.61. The van der Waals surface area contributed by atoms with E-state index in [1.807, 2.05) is 0 Å². The van der Waals surface area contributed by atoms with Gasteiger partial charge in [-0.2, -0.15) is 5.10 Å². The lowest BCUT2D eigenvalue weighted by Gasteiger charge is -2.08. The van der Waals surface area contributed by atoms with E-state index < -0.39 is 0 Å². The lowest BCUT2D eigenvalue weighted by molar-refractivity contribution is 0.581. The standard InChI is InChI=1S/C14H17ClFN3/c1-8(2)3-6-12-13(14(17)19-18-12)10-5-4-9(16)7-11(10)15/h4-5,7-8H,3,6H2,1-2H3,(H3,17,18,19). The molecule has 0 amide bonds. The van der Waals surface area contributed by atoms with Gasteiger partial charge in [0.15, 0.2) is 5.82 Å². The number of hydrogen-bond acceptors (Lipinski definition) is 2. The molecule has 0 aliphatic carbocycles. The summed E-state index contributed by atoms with van der Waals surface area (Å²) in [4.78, 5) is 0. The molecule has 0 saturated carbocycles. The predicted octanol–water partition coefficient (Wildman–Crippen LogP) is 4.04. The topological polar surface area (TPSA) is 54.7 Å². The summed E-state index contributed by atoms with van der Waals surface area (Å²) in [6, 6.07) is 4.30. The number of H-pyrrole nitrogens is 1. The molecule has 0 spiro atoms. The summed E-state index contributed by atoms with van der Waals surface area (Å²) in [5.74, 6) is 0.618. The molecule has 2 aromatic rings. The average Bonchev–Trinajstić information content (AvgIpc) is 2.68. The van der Waals surface area contributed by atoms with Crippen LogP contribution in [0.25, 0.3) is 11.1 Å². The number of benzene rings is 1. The molecule has 0 unspecified atom stereocenters. The van der Waals surface area contributed by atoms with E-state index in [1.54, 1.807) is 6.07 Å². The van der Waals surface area contributed by atoms with Crippen molar-refractivity contribution in [1.29, 1.82) is 0 Å². The highest BCUT2D eigenvalue weighted by Crippen LogP contribution is 2.34. The molecule has 0 atom stereocenters. The van der Waals surface area contributed by atoms with E-state index in [-0.39, 0.29) is 5.82 Å². The minimum absolute atomic E-state index is 0.346. The first-order chi connectivity index (χ1) is 8.99. The van der Waals surface area contributed by atoms with Crippen molar-refractivity contribution in [2.75, 3.05) is 5.73 Å². The maximum Gasteiger partial charge on any atom is 0.153 e. The fourth-order valence-electron chi connectivity index (χ4n) is 2.00. The van der Waals surface area contributed by atoms with Crippen LogP contribution in [0.4, 0.5) is 10.2 Å². The number of hydrogen-bond donors (Lipinski definition) is 2. The molecule has 0 bridgehead atoms. The molecule has 0 radical (unpaired) electrons. The highest BCUT2D eigenvalue weighted by Gasteiger charge is 2.16. The number of anilines is 1. The zero-order valence-electron chi connectivity index (χ0n) is 11.0. The summed E-state index contributed by atoms with van der Waals surface area (Å²) < 4.78 is 13.1. The fraction of sp³-hybridized carbons (Fsp3) is 0.357. The van der Waals surface area contributed by atoms with Crippen LogP contribution in [0.5, 0.6) is 0 Å². The van der Waals surface area contributed by atoms with E-state index in [0.717, 1.165) is 24.1 Å². The van der Waals surface area contributed by atoms with Gasteiger partial charge in [-0.1, -0.05) is 25.4 Å². The SMILES string of the molecule is CC(C)CCc1[nH]nc(N)c1-c1ccc(F)cc1Cl. The predicted molar refractivity (Wildman–Crippen MR) is 76.6 cm³/mol. The first kappa shape index (κ1) is 13.9. The van der Waals surface area contributed by atoms with Crippen LogP contribution in [0.2, 0.25) is 5.02 Å². The first-order valence-corrected chi connectivity index (χ1v) is 6.65. The van der Waals surface area contributed by atoms with Crippen LogP contribution in [-0.2, 0) is 6.42 Å². The monoisotopic (exact) mass is 281 g/mol. The number of nitrogens with one attached hydrogen (secondary N) is 1. The third kappa shape index (κ3) is 3.07. The number of halogens is 2. The number of aryl methyl sites for hydroxylation is 1. The Kier molecular flexibility index (Phi) is 4.10. The van der Waals surface area contributed by atoms with Crippen molar-refractivity contribution in [1.82, 2.24) is 10.2 Å². The normalized spacial score (nSPS) is 11.2. The van der Waals surface area contributed by atoms with Gasteiger partial charge >= 0.3 is 0 Å². The minimum atomic E-state index is -0.362. The Morgan fingerprint density at radius 3 is 2.79 bits per heavy atom. The van der Waals surface area contributed by atoms with Crippen LogP contribution in [0.1, 0.15) is 26.0 Å². The number of nitrogens with zero attached hydrogens (tertiary/aromatic N) is 1. The van der Waals surface area contributed by atoms with Crippen LogP contribution in [0.15, 0.2) is 18.2 Å². The Bertz CT molecular complexity index is 578. The van der Waals surface area contributed by atoms with Gasteiger partial charge in [-0.3, -0.25) is 5.10 Å². The molecule has 102 valence electrons. The van der Waals surface area contributed by atoms with Crippen molar-refractivity contribution in [3.8, 4) is 11.1 Å². The summed E-state index contributed by atoms with van der Waals surface area (Å²) in [6.07, 6.45) is 1.86. The Morgan fingerprint density at radius 2 is 2.16 bits per heavy atom. The third-order valence-electron chi connectivity index (χ3n) is 3.04. The van der Waals surface area contributed by atoms with Crippen molar-refractivity contribution in [2.45, 2.75) is 26.7 Å². The molecule has 0 saturated heterocycles. The van der Waals surface area contributed by atoms with Crippen molar-refractivity contribution >= 4 is 17.4 Å². The quantitative estimate of drug-likeness (QED) is 0.888. The Hall–Kier alpha value is -1.55. The maximum atomic E-state index is 13.1. The molecule has 3 nitrogen and oxygen atoms in total. The van der Waals surface area contributed by atoms with Crippen molar-refractivity contribution < 1.29 is 4.39 Å². The van der Waals surface area contributed by atoms with E-state index in [9.17, 15) is 4.39 Å². The van der Waals surface area contributed by atoms with Gasteiger partial charge in [0, 0.05) is 16.8 Å². The van der Waals surface area contributed by atoms with Gasteiger partial charge in [0.1, 0.15) is 5.82 Å². The van der Waals surface area contributed by atoms with Crippen LogP contribution >= 0.6 is 11.6 Å². The number of aromatic amines is 1. The van der Waals surface area contributed by atoms with Crippen molar-refractivity contribution in [2.24, 2.45) is 5.92 Å². The van der Waals surface area contributed by atoms with Gasteiger partial charge in [-0.15, -0.1) is 0 Å². The molecule has 1 aromatic heterocycles. The molecular formula is C14H17ClFN3. The molecule has 1 aromatic carbocycles. The molecule has 1 heterocycles. The van der Waals surface area contributed by atoms with Gasteiger partial charge in [0.05, 0.1) is 5.02 Å². The molecule has 19 heavy (non-hydrogen) atoms. The first-order valence-electron chi connectivity index (χ1n) is 6.27. The summed E-state index contributed by atoms with van der Waals surface area (Å²) in [6.45, 7) is 4.31. The number of nitrogen functional groups attached to an aromatic ring is 1. The van der Waals surface area contributed by atoms with Crippen LogP contribution in [0.3, 0.4) is 0 Å². The zero-order chi connectivity index (χ0) is 14.0. The molecule has 0 aliphatic heterocycles. The van der Waals surface area contributed by atoms with Crippen LogP contribution < -0.4 is 5.73 Å². The Labute approximate surface area is 117 Å². The average molecular weight is 282 g/mol. The molecule has 0 fully saturated rings. The molecule has 0 aliphatic rings. The van der Waals surface area contributed by atoms with E-state index in [0.29, 0.717) is 22.3 Å². The fourth-order valence-corrected chi connectivity index (χ4v) is 2.26. The van der Waals surface area contributed by atoms with Crippen LogP contribution in [-0.4, -0.2) is 10.2 Å². The zero-order valence-corrected chi connectivity index (χ0v) is 11.8. The van der Waals surface area contributed by atoms with Crippen molar-refractivity contribution in [3.63, 3.8) is 0 Å². The van der Waals surface area contributed by atoms with E-state index >= 15 is 0 Å². The van der Waals surface area contributed by atoms with Crippen LogP contribution in [0, 0.1) is 11.7 Å². The molecule has 5 heteroatoms. The number of aromatic nitrogens is 2. The largest absolute Gasteiger partial charge is 0.382 e. The summed E-state index contributed by atoms with van der Waals surface area (Å²) in [5.41, 5.74) is 8.33. The third-order valence-corrected chi connectivity index (χ3v) is 3.35. The highest BCUT2D eigenvalue weighted by molar-refractivity contribution is 6.33.